The summed E-state index contributed by atoms with van der Waals surface area (Å²) in [7, 11) is 0. The van der Waals surface area contributed by atoms with Crippen LogP contribution in [0.5, 0.6) is 0 Å². The van der Waals surface area contributed by atoms with E-state index in [1.807, 2.05) is 56.3 Å². The van der Waals surface area contributed by atoms with Crippen LogP contribution < -0.4 is 0 Å². The van der Waals surface area contributed by atoms with E-state index >= 15 is 0 Å². The molecule has 0 spiro atoms. The number of rotatable bonds is 7. The van der Waals surface area contributed by atoms with Gasteiger partial charge in [0.05, 0.1) is 5.75 Å². The average molecular weight is 353 g/mol. The summed E-state index contributed by atoms with van der Waals surface area (Å²) in [5, 5.41) is 8.44. The SMILES string of the molecule is C=CCn1c(C)cc(C(=O)CSc2nnc(-c3ccccc3)o2)c1C. The van der Waals surface area contributed by atoms with Gasteiger partial charge < -0.3 is 8.98 Å². The smallest absolute Gasteiger partial charge is 0.277 e. The molecule has 2 heterocycles. The number of aryl methyl sites for hydroxylation is 1. The number of carbonyl (C=O) groups excluding carboxylic acids is 1. The van der Waals surface area contributed by atoms with Gasteiger partial charge in [-0.15, -0.1) is 16.8 Å². The summed E-state index contributed by atoms with van der Waals surface area (Å²) >= 11 is 1.26. The van der Waals surface area contributed by atoms with Gasteiger partial charge in [0, 0.05) is 29.1 Å². The molecule has 0 aliphatic carbocycles. The Labute approximate surface area is 150 Å². The molecule has 0 aliphatic rings. The first-order chi connectivity index (χ1) is 12.1. The van der Waals surface area contributed by atoms with Crippen LogP contribution in [0.3, 0.4) is 0 Å². The minimum Gasteiger partial charge on any atom is -0.411 e. The summed E-state index contributed by atoms with van der Waals surface area (Å²) in [6.07, 6.45) is 1.83. The van der Waals surface area contributed by atoms with Crippen molar-refractivity contribution in [3.8, 4) is 11.5 Å². The quantitative estimate of drug-likeness (QED) is 0.360. The van der Waals surface area contributed by atoms with Crippen LogP contribution in [-0.2, 0) is 6.54 Å². The van der Waals surface area contributed by atoms with Gasteiger partial charge in [-0.3, -0.25) is 4.79 Å². The van der Waals surface area contributed by atoms with E-state index in [4.69, 9.17) is 4.42 Å². The molecule has 0 atom stereocenters. The number of aromatic nitrogens is 3. The van der Waals surface area contributed by atoms with Crippen LogP contribution in [0.25, 0.3) is 11.5 Å². The summed E-state index contributed by atoms with van der Waals surface area (Å²) in [4.78, 5) is 12.5. The van der Waals surface area contributed by atoms with Crippen LogP contribution in [0.4, 0.5) is 0 Å². The van der Waals surface area contributed by atoms with Gasteiger partial charge in [0.2, 0.25) is 5.89 Å². The number of nitrogens with zero attached hydrogens (tertiary/aromatic N) is 3. The molecule has 0 unspecified atom stereocenters. The van der Waals surface area contributed by atoms with Gasteiger partial charge in [-0.1, -0.05) is 36.0 Å². The van der Waals surface area contributed by atoms with Crippen molar-refractivity contribution in [2.45, 2.75) is 25.6 Å². The Morgan fingerprint density at radius 1 is 1.28 bits per heavy atom. The van der Waals surface area contributed by atoms with Crippen LogP contribution >= 0.6 is 11.8 Å². The molecule has 5 nitrogen and oxygen atoms in total. The molecule has 3 rings (SSSR count). The molecule has 6 heteroatoms. The third-order valence-electron chi connectivity index (χ3n) is 3.94. The zero-order chi connectivity index (χ0) is 17.8. The molecule has 1 aromatic carbocycles. The molecule has 0 N–H and O–H groups in total. The Hall–Kier alpha value is -2.60. The third kappa shape index (κ3) is 3.74. The van der Waals surface area contributed by atoms with Crippen molar-refractivity contribution >= 4 is 17.5 Å². The molecule has 128 valence electrons. The van der Waals surface area contributed by atoms with Gasteiger partial charge in [0.1, 0.15) is 0 Å². The molecular weight excluding hydrogens is 334 g/mol. The molecule has 0 fully saturated rings. The van der Waals surface area contributed by atoms with Crippen molar-refractivity contribution in [1.29, 1.82) is 0 Å². The Morgan fingerprint density at radius 3 is 2.76 bits per heavy atom. The lowest BCUT2D eigenvalue weighted by Gasteiger charge is -2.05. The van der Waals surface area contributed by atoms with Crippen molar-refractivity contribution in [2.75, 3.05) is 5.75 Å². The topological polar surface area (TPSA) is 60.9 Å². The van der Waals surface area contributed by atoms with Crippen LogP contribution in [0.1, 0.15) is 21.7 Å². The number of benzene rings is 1. The van der Waals surface area contributed by atoms with E-state index in [1.54, 1.807) is 0 Å². The predicted octanol–water partition coefficient (Wildman–Crippen LogP) is 4.32. The highest BCUT2D eigenvalue weighted by Crippen LogP contribution is 2.24. The highest BCUT2D eigenvalue weighted by Gasteiger charge is 2.17. The monoisotopic (exact) mass is 353 g/mol. The second-order valence-electron chi connectivity index (χ2n) is 5.64. The zero-order valence-electron chi connectivity index (χ0n) is 14.2. The predicted molar refractivity (Wildman–Crippen MR) is 98.9 cm³/mol. The average Bonchev–Trinajstić information content (AvgIpc) is 3.21. The van der Waals surface area contributed by atoms with Gasteiger partial charge in [0.25, 0.3) is 5.22 Å². The molecule has 2 aromatic heterocycles. The molecule has 0 amide bonds. The molecule has 0 saturated heterocycles. The Morgan fingerprint density at radius 2 is 2.04 bits per heavy atom. The van der Waals surface area contributed by atoms with Crippen LogP contribution in [-0.4, -0.2) is 26.3 Å². The van der Waals surface area contributed by atoms with Gasteiger partial charge in [-0.05, 0) is 32.0 Å². The lowest BCUT2D eigenvalue weighted by atomic mass is 10.2. The largest absolute Gasteiger partial charge is 0.411 e. The molecule has 0 aliphatic heterocycles. The summed E-state index contributed by atoms with van der Waals surface area (Å²) < 4.78 is 7.70. The molecule has 3 aromatic rings. The summed E-state index contributed by atoms with van der Waals surface area (Å²) in [6, 6.07) is 11.5. The molecule has 25 heavy (non-hydrogen) atoms. The summed E-state index contributed by atoms with van der Waals surface area (Å²) in [6.45, 7) is 8.40. The van der Waals surface area contributed by atoms with Crippen molar-refractivity contribution in [2.24, 2.45) is 0 Å². The van der Waals surface area contributed by atoms with Crippen molar-refractivity contribution in [1.82, 2.24) is 14.8 Å². The highest BCUT2D eigenvalue weighted by molar-refractivity contribution is 7.99. The Bertz CT molecular complexity index is 897. The number of hydrogen-bond acceptors (Lipinski definition) is 5. The molecule has 0 saturated carbocycles. The molecule has 0 radical (unpaired) electrons. The lowest BCUT2D eigenvalue weighted by Crippen LogP contribution is -2.06. The highest BCUT2D eigenvalue weighted by atomic mass is 32.2. The number of Topliss-reactive ketones (excluding diaryl/α,β-unsaturated/α-hetero) is 1. The first kappa shape index (κ1) is 17.2. The minimum absolute atomic E-state index is 0.0490. The van der Waals surface area contributed by atoms with E-state index in [0.717, 1.165) is 22.5 Å². The summed E-state index contributed by atoms with van der Waals surface area (Å²) in [5.41, 5.74) is 3.60. The third-order valence-corrected chi connectivity index (χ3v) is 4.76. The van der Waals surface area contributed by atoms with Gasteiger partial charge in [0.15, 0.2) is 5.78 Å². The fraction of sp³-hybridized carbons (Fsp3) is 0.211. The normalized spacial score (nSPS) is 10.8. The number of allylic oxidation sites excluding steroid dienone is 1. The van der Waals surface area contributed by atoms with Crippen LogP contribution in [0.2, 0.25) is 0 Å². The van der Waals surface area contributed by atoms with Gasteiger partial charge in [-0.2, -0.15) is 0 Å². The number of hydrogen-bond donors (Lipinski definition) is 0. The maximum Gasteiger partial charge on any atom is 0.277 e. The van der Waals surface area contributed by atoms with E-state index in [0.29, 0.717) is 17.7 Å². The van der Waals surface area contributed by atoms with E-state index in [-0.39, 0.29) is 11.5 Å². The Kier molecular flexibility index (Phi) is 5.19. The number of thioether (sulfide) groups is 1. The number of carbonyl (C=O) groups is 1. The second-order valence-corrected chi connectivity index (χ2v) is 6.56. The first-order valence-electron chi connectivity index (χ1n) is 7.92. The summed E-state index contributed by atoms with van der Waals surface area (Å²) in [5.74, 6) is 0.766. The van der Waals surface area contributed by atoms with Gasteiger partial charge in [-0.25, -0.2) is 0 Å². The van der Waals surface area contributed by atoms with E-state index in [1.165, 1.54) is 11.8 Å². The first-order valence-corrected chi connectivity index (χ1v) is 8.91. The lowest BCUT2D eigenvalue weighted by molar-refractivity contribution is 0.102. The van der Waals surface area contributed by atoms with E-state index < -0.39 is 0 Å². The molecule has 0 bridgehead atoms. The fourth-order valence-corrected chi connectivity index (χ4v) is 3.31. The van der Waals surface area contributed by atoms with Crippen LogP contribution in [0.15, 0.2) is 58.7 Å². The fourth-order valence-electron chi connectivity index (χ4n) is 2.66. The standard InChI is InChI=1S/C19H19N3O2S/c1-4-10-22-13(2)11-16(14(22)3)17(23)12-25-19-21-20-18(24-19)15-8-6-5-7-9-15/h4-9,11H,1,10,12H2,2-3H3. The maximum atomic E-state index is 12.5. The number of ketones is 1. The zero-order valence-corrected chi connectivity index (χ0v) is 15.0. The van der Waals surface area contributed by atoms with Crippen LogP contribution in [0, 0.1) is 13.8 Å². The van der Waals surface area contributed by atoms with Crippen molar-refractivity contribution < 1.29 is 9.21 Å². The van der Waals surface area contributed by atoms with Gasteiger partial charge >= 0.3 is 0 Å². The van der Waals surface area contributed by atoms with E-state index in [9.17, 15) is 4.79 Å². The van der Waals surface area contributed by atoms with Crippen molar-refractivity contribution in [3.63, 3.8) is 0 Å². The minimum atomic E-state index is 0.0490. The second kappa shape index (κ2) is 7.53. The van der Waals surface area contributed by atoms with E-state index in [2.05, 4.69) is 21.3 Å². The maximum absolute atomic E-state index is 12.5. The van der Waals surface area contributed by atoms with Crippen molar-refractivity contribution in [3.05, 3.63) is 66.0 Å². The Balaban J connectivity index is 1.68. The molecular formula is C19H19N3O2S.